The van der Waals surface area contributed by atoms with Gasteiger partial charge in [0.25, 0.3) is 0 Å². The molecule has 0 heterocycles. The molecule has 0 aliphatic rings. The molecule has 15 heavy (non-hydrogen) atoms. The maximum Gasteiger partial charge on any atom is 0.0546 e. The standard InChI is InChI=1S/C13H24O2/c1-6-8-13(10-14-4,11-15-5)9-7-12(2)3/h6-7H,1,8-11H2,2-5H3. The second-order valence-electron chi connectivity index (χ2n) is 4.34. The van der Waals surface area contributed by atoms with E-state index in [-0.39, 0.29) is 5.41 Å². The Morgan fingerprint density at radius 1 is 1.13 bits per heavy atom. The number of methoxy groups -OCH3 is 2. The van der Waals surface area contributed by atoms with Gasteiger partial charge in [0.1, 0.15) is 0 Å². The van der Waals surface area contributed by atoms with Crippen molar-refractivity contribution >= 4 is 0 Å². The summed E-state index contributed by atoms with van der Waals surface area (Å²) in [6, 6.07) is 0. The summed E-state index contributed by atoms with van der Waals surface area (Å²) in [5.74, 6) is 0. The number of hydrogen-bond donors (Lipinski definition) is 0. The van der Waals surface area contributed by atoms with Crippen LogP contribution in [0.4, 0.5) is 0 Å². The summed E-state index contributed by atoms with van der Waals surface area (Å²) in [4.78, 5) is 0. The van der Waals surface area contributed by atoms with Crippen molar-refractivity contribution in [3.05, 3.63) is 24.3 Å². The van der Waals surface area contributed by atoms with E-state index >= 15 is 0 Å². The van der Waals surface area contributed by atoms with Crippen LogP contribution in [-0.4, -0.2) is 27.4 Å². The predicted molar refractivity (Wildman–Crippen MR) is 65.0 cm³/mol. The molecule has 0 bridgehead atoms. The van der Waals surface area contributed by atoms with Crippen LogP contribution >= 0.6 is 0 Å². The van der Waals surface area contributed by atoms with Crippen molar-refractivity contribution in [2.24, 2.45) is 5.41 Å². The van der Waals surface area contributed by atoms with Crippen molar-refractivity contribution in [3.8, 4) is 0 Å². The Bertz CT molecular complexity index is 197. The lowest BCUT2D eigenvalue weighted by molar-refractivity contribution is 0.0136. The summed E-state index contributed by atoms with van der Waals surface area (Å²) in [7, 11) is 3.46. The van der Waals surface area contributed by atoms with E-state index in [2.05, 4.69) is 26.5 Å². The molecule has 0 N–H and O–H groups in total. The van der Waals surface area contributed by atoms with Gasteiger partial charge in [0.05, 0.1) is 13.2 Å². The predicted octanol–water partition coefficient (Wildman–Crippen LogP) is 3.20. The van der Waals surface area contributed by atoms with Gasteiger partial charge in [-0.2, -0.15) is 0 Å². The molecule has 0 saturated heterocycles. The molecule has 0 spiro atoms. The highest BCUT2D eigenvalue weighted by atomic mass is 16.5. The molecule has 0 fully saturated rings. The second-order valence-corrected chi connectivity index (χ2v) is 4.34. The normalized spacial score (nSPS) is 11.2. The number of hydrogen-bond acceptors (Lipinski definition) is 2. The van der Waals surface area contributed by atoms with E-state index in [1.165, 1.54) is 5.57 Å². The topological polar surface area (TPSA) is 18.5 Å². The van der Waals surface area contributed by atoms with Crippen molar-refractivity contribution in [2.75, 3.05) is 27.4 Å². The maximum absolute atomic E-state index is 5.29. The van der Waals surface area contributed by atoms with Gasteiger partial charge in [-0.15, -0.1) is 6.58 Å². The molecule has 88 valence electrons. The Morgan fingerprint density at radius 3 is 2.00 bits per heavy atom. The van der Waals surface area contributed by atoms with Crippen molar-refractivity contribution < 1.29 is 9.47 Å². The molecule has 0 radical (unpaired) electrons. The van der Waals surface area contributed by atoms with Crippen molar-refractivity contribution in [1.29, 1.82) is 0 Å². The Kier molecular flexibility index (Phi) is 7.35. The van der Waals surface area contributed by atoms with E-state index in [9.17, 15) is 0 Å². The number of ether oxygens (including phenoxy) is 2. The van der Waals surface area contributed by atoms with Gasteiger partial charge in [0, 0.05) is 19.6 Å². The Morgan fingerprint density at radius 2 is 1.67 bits per heavy atom. The Balaban J connectivity index is 4.59. The van der Waals surface area contributed by atoms with Gasteiger partial charge < -0.3 is 9.47 Å². The smallest absolute Gasteiger partial charge is 0.0546 e. The lowest BCUT2D eigenvalue weighted by Gasteiger charge is -2.30. The fourth-order valence-corrected chi connectivity index (χ4v) is 1.70. The van der Waals surface area contributed by atoms with E-state index in [1.54, 1.807) is 14.2 Å². The highest BCUT2D eigenvalue weighted by Gasteiger charge is 2.27. The molecule has 0 amide bonds. The second kappa shape index (κ2) is 7.66. The summed E-state index contributed by atoms with van der Waals surface area (Å²) >= 11 is 0. The SMILES string of the molecule is C=CCC(CC=C(C)C)(COC)COC. The molecule has 0 aromatic carbocycles. The fraction of sp³-hybridized carbons (Fsp3) is 0.692. The third kappa shape index (κ3) is 5.75. The zero-order valence-electron chi connectivity index (χ0n) is 10.5. The molecule has 0 unspecified atom stereocenters. The minimum atomic E-state index is 0.0442. The van der Waals surface area contributed by atoms with Crippen molar-refractivity contribution in [3.63, 3.8) is 0 Å². The molecule has 0 rings (SSSR count). The van der Waals surface area contributed by atoms with Crippen LogP contribution in [0.5, 0.6) is 0 Å². The minimum absolute atomic E-state index is 0.0442. The van der Waals surface area contributed by atoms with Crippen molar-refractivity contribution in [2.45, 2.75) is 26.7 Å². The molecule has 0 aromatic rings. The first-order chi connectivity index (χ1) is 7.10. The van der Waals surface area contributed by atoms with Crippen LogP contribution in [0, 0.1) is 5.41 Å². The summed E-state index contributed by atoms with van der Waals surface area (Å²) in [5.41, 5.74) is 1.37. The van der Waals surface area contributed by atoms with E-state index < -0.39 is 0 Å². The zero-order chi connectivity index (χ0) is 11.7. The van der Waals surface area contributed by atoms with Gasteiger partial charge in [-0.1, -0.05) is 17.7 Å². The monoisotopic (exact) mass is 212 g/mol. The van der Waals surface area contributed by atoms with E-state index in [0.717, 1.165) is 12.8 Å². The fourth-order valence-electron chi connectivity index (χ4n) is 1.70. The van der Waals surface area contributed by atoms with Crippen LogP contribution in [0.1, 0.15) is 26.7 Å². The van der Waals surface area contributed by atoms with Gasteiger partial charge in [-0.05, 0) is 26.7 Å². The van der Waals surface area contributed by atoms with Crippen LogP contribution in [0.25, 0.3) is 0 Å². The van der Waals surface area contributed by atoms with Gasteiger partial charge in [-0.3, -0.25) is 0 Å². The van der Waals surface area contributed by atoms with Gasteiger partial charge in [0.15, 0.2) is 0 Å². The highest BCUT2D eigenvalue weighted by molar-refractivity contribution is 4.99. The number of rotatable bonds is 8. The first-order valence-corrected chi connectivity index (χ1v) is 5.32. The van der Waals surface area contributed by atoms with Crippen molar-refractivity contribution in [1.82, 2.24) is 0 Å². The maximum atomic E-state index is 5.29. The van der Waals surface area contributed by atoms with Gasteiger partial charge >= 0.3 is 0 Å². The molecule has 2 nitrogen and oxygen atoms in total. The molecule has 2 heteroatoms. The molecular weight excluding hydrogens is 188 g/mol. The first kappa shape index (κ1) is 14.4. The quantitative estimate of drug-likeness (QED) is 0.575. The largest absolute Gasteiger partial charge is 0.384 e. The molecule has 0 aliphatic carbocycles. The summed E-state index contributed by atoms with van der Waals surface area (Å²) in [5, 5.41) is 0. The summed E-state index contributed by atoms with van der Waals surface area (Å²) in [6.07, 6.45) is 6.07. The van der Waals surface area contributed by atoms with Crippen LogP contribution in [0.2, 0.25) is 0 Å². The average molecular weight is 212 g/mol. The van der Waals surface area contributed by atoms with Crippen LogP contribution < -0.4 is 0 Å². The molecule has 0 aliphatic heterocycles. The molecular formula is C13H24O2. The third-order valence-electron chi connectivity index (χ3n) is 2.42. The molecule has 0 saturated carbocycles. The van der Waals surface area contributed by atoms with E-state index in [4.69, 9.17) is 9.47 Å². The van der Waals surface area contributed by atoms with Crippen LogP contribution in [-0.2, 0) is 9.47 Å². The summed E-state index contributed by atoms with van der Waals surface area (Å²) in [6.45, 7) is 9.43. The Hall–Kier alpha value is -0.600. The van der Waals surface area contributed by atoms with Crippen LogP contribution in [0.15, 0.2) is 24.3 Å². The first-order valence-electron chi connectivity index (χ1n) is 5.32. The lowest BCUT2D eigenvalue weighted by Crippen LogP contribution is -2.30. The van der Waals surface area contributed by atoms with E-state index in [1.807, 2.05) is 6.08 Å². The lowest BCUT2D eigenvalue weighted by atomic mass is 9.82. The Labute approximate surface area is 94.0 Å². The minimum Gasteiger partial charge on any atom is -0.384 e. The van der Waals surface area contributed by atoms with Gasteiger partial charge in [-0.25, -0.2) is 0 Å². The van der Waals surface area contributed by atoms with Gasteiger partial charge in [0.2, 0.25) is 0 Å². The summed E-state index contributed by atoms with van der Waals surface area (Å²) < 4.78 is 10.6. The van der Waals surface area contributed by atoms with E-state index in [0.29, 0.717) is 13.2 Å². The third-order valence-corrected chi connectivity index (χ3v) is 2.42. The zero-order valence-corrected chi connectivity index (χ0v) is 10.5. The number of allylic oxidation sites excluding steroid dienone is 3. The highest BCUT2D eigenvalue weighted by Crippen LogP contribution is 2.29. The molecule has 0 aromatic heterocycles. The molecule has 0 atom stereocenters. The average Bonchev–Trinajstić information content (AvgIpc) is 2.16. The van der Waals surface area contributed by atoms with Crippen LogP contribution in [0.3, 0.4) is 0 Å².